The van der Waals surface area contributed by atoms with Gasteiger partial charge in [0.15, 0.2) is 0 Å². The summed E-state index contributed by atoms with van der Waals surface area (Å²) in [5.74, 6) is 0. The van der Waals surface area contributed by atoms with Crippen molar-refractivity contribution in [2.45, 2.75) is 0 Å². The molecular weight excluding hydrogens is 362 g/mol. The van der Waals surface area contributed by atoms with Gasteiger partial charge >= 0.3 is 66.5 Å². The van der Waals surface area contributed by atoms with Crippen LogP contribution in [0, 0.1) is 0 Å². The SMILES string of the molecule is F[P+](=S)[S-](=[W])=S=S. The Morgan fingerprint density at radius 2 is 2.29 bits per heavy atom. The normalized spacial score (nSPS) is 11.4. The first-order chi connectivity index (χ1) is 3.18. The minimum absolute atomic E-state index is 0.301. The molecule has 1 atom stereocenters. The predicted octanol–water partition coefficient (Wildman–Crippen LogP) is 1.27. The average Bonchev–Trinajstić information content (AvgIpc) is 1.65. The van der Waals surface area contributed by atoms with Gasteiger partial charge in [0.05, 0.1) is 0 Å². The molecule has 0 aliphatic rings. The minimum atomic E-state index is -1.65. The van der Waals surface area contributed by atoms with E-state index >= 15 is 0 Å². The Hall–Kier alpha value is 1.93. The van der Waals surface area contributed by atoms with E-state index in [2.05, 4.69) is 23.0 Å². The Labute approximate surface area is 65.9 Å². The second-order valence-corrected chi connectivity index (χ2v) is 17.6. The van der Waals surface area contributed by atoms with Crippen LogP contribution >= 0.6 is 6.21 Å². The Morgan fingerprint density at radius 1 is 1.86 bits per heavy atom. The molecule has 0 aromatic heterocycles. The number of halogens is 1. The van der Waals surface area contributed by atoms with Crippen LogP contribution in [-0.2, 0) is 56.1 Å². The molecule has 0 rings (SSSR count). The molecule has 0 bridgehead atoms. The molecule has 0 amide bonds. The van der Waals surface area contributed by atoms with Crippen LogP contribution in [0.25, 0.3) is 0 Å². The summed E-state index contributed by atoms with van der Waals surface area (Å²) in [6, 6.07) is 0. The van der Waals surface area contributed by atoms with Gasteiger partial charge in [-0.1, -0.05) is 0 Å². The first kappa shape index (κ1) is 8.93. The Bertz CT molecular complexity index is 172. The summed E-state index contributed by atoms with van der Waals surface area (Å²) in [7, 11) is 1.13. The van der Waals surface area contributed by atoms with Gasteiger partial charge in [-0.05, 0) is 0 Å². The summed E-state index contributed by atoms with van der Waals surface area (Å²) in [4.78, 5) is 0. The zero-order valence-electron chi connectivity index (χ0n) is 2.87. The third-order valence-corrected chi connectivity index (χ3v) is 20.6. The fourth-order valence-electron chi connectivity index (χ4n) is 0.0239. The van der Waals surface area contributed by atoms with Crippen LogP contribution in [0.15, 0.2) is 0 Å². The molecule has 0 spiro atoms. The summed E-state index contributed by atoms with van der Waals surface area (Å²) < 4.78 is 11.9. The number of hydrogen-bond acceptors (Lipinski definition) is 3. The quantitative estimate of drug-likeness (QED) is 0.509. The van der Waals surface area contributed by atoms with E-state index in [1.165, 1.54) is 18.0 Å². The van der Waals surface area contributed by atoms with Gasteiger partial charge in [0.2, 0.25) is 0 Å². The zero-order valence-corrected chi connectivity index (χ0v) is 9.96. The average molecular weight is 362 g/mol. The molecule has 0 saturated heterocycles. The van der Waals surface area contributed by atoms with Gasteiger partial charge in [0, 0.05) is 0 Å². The van der Waals surface area contributed by atoms with Gasteiger partial charge in [-0.25, -0.2) is 0 Å². The molecule has 7 heteroatoms. The second-order valence-electron chi connectivity index (χ2n) is 0.498. The van der Waals surface area contributed by atoms with Gasteiger partial charge < -0.3 is 0 Å². The molecule has 0 radical (unpaired) electrons. The van der Waals surface area contributed by atoms with Crippen molar-refractivity contribution in [2.24, 2.45) is 0 Å². The maximum absolute atomic E-state index is 11.9. The monoisotopic (exact) mass is 362 g/mol. The molecule has 0 nitrogen and oxygen atoms in total. The van der Waals surface area contributed by atoms with Crippen molar-refractivity contribution >= 4 is 44.4 Å². The van der Waals surface area contributed by atoms with Crippen LogP contribution in [-0.4, -0.2) is 0 Å². The maximum atomic E-state index is 11.9. The van der Waals surface area contributed by atoms with Gasteiger partial charge in [0.1, 0.15) is 0 Å². The fourth-order valence-corrected chi connectivity index (χ4v) is 3.95. The molecule has 0 aromatic carbocycles. The number of rotatable bonds is 1. The van der Waals surface area contributed by atoms with E-state index in [0.29, 0.717) is 0 Å². The molecule has 42 valence electrons. The molecule has 0 N–H and O–H groups in total. The molecule has 1 unspecified atom stereocenters. The van der Waals surface area contributed by atoms with Crippen LogP contribution in [0.2, 0.25) is 0 Å². The number of hydrogen-bond donors (Lipinski definition) is 0. The van der Waals surface area contributed by atoms with Crippen LogP contribution in [0.1, 0.15) is 0 Å². The molecule has 0 aliphatic heterocycles. The van der Waals surface area contributed by atoms with Gasteiger partial charge in [-0.3, -0.25) is 0 Å². The molecular formula is FPS4W. The summed E-state index contributed by atoms with van der Waals surface area (Å²) in [5, 5.41) is 0. The van der Waals surface area contributed by atoms with E-state index in [0.717, 1.165) is 8.88 Å². The van der Waals surface area contributed by atoms with Crippen molar-refractivity contribution in [3.05, 3.63) is 0 Å². The van der Waals surface area contributed by atoms with Crippen molar-refractivity contribution in [1.29, 1.82) is 0 Å². The Kier molecular flexibility index (Phi) is 6.09. The predicted molar refractivity (Wildman–Crippen MR) is 37.5 cm³/mol. The Morgan fingerprint density at radius 3 is 2.29 bits per heavy atom. The second kappa shape index (κ2) is 4.77. The van der Waals surface area contributed by atoms with Crippen LogP contribution < -0.4 is 0 Å². The summed E-state index contributed by atoms with van der Waals surface area (Å²) in [5.41, 5.74) is 0. The molecule has 0 fully saturated rings. The van der Waals surface area contributed by atoms with Gasteiger partial charge in [-0.15, -0.1) is 0 Å². The first-order valence-electron chi connectivity index (χ1n) is 1.03. The van der Waals surface area contributed by atoms with E-state index in [-0.39, 0.29) is 6.27 Å². The van der Waals surface area contributed by atoms with Gasteiger partial charge in [0.25, 0.3) is 0 Å². The van der Waals surface area contributed by atoms with Crippen LogP contribution in [0.4, 0.5) is 4.20 Å². The zero-order chi connectivity index (χ0) is 5.86. The Balaban J connectivity index is 4.44. The molecule has 0 aliphatic carbocycles. The molecule has 0 aromatic rings. The van der Waals surface area contributed by atoms with E-state index in [9.17, 15) is 4.20 Å². The summed E-state index contributed by atoms with van der Waals surface area (Å²) in [6.07, 6.45) is -1.96. The fraction of sp³-hybridized carbons (Fsp3) is 0. The third-order valence-electron chi connectivity index (χ3n) is 0.175. The third kappa shape index (κ3) is 4.43. The van der Waals surface area contributed by atoms with E-state index in [1.807, 2.05) is 0 Å². The van der Waals surface area contributed by atoms with Crippen molar-refractivity contribution in [3.63, 3.8) is 0 Å². The van der Waals surface area contributed by atoms with E-state index in [4.69, 9.17) is 0 Å². The molecule has 7 heavy (non-hydrogen) atoms. The van der Waals surface area contributed by atoms with E-state index < -0.39 is 6.21 Å². The van der Waals surface area contributed by atoms with Crippen molar-refractivity contribution < 1.29 is 22.2 Å². The first-order valence-corrected chi connectivity index (χ1v) is 10.9. The summed E-state index contributed by atoms with van der Waals surface area (Å²) in [6.45, 7) is 0. The van der Waals surface area contributed by atoms with Crippen LogP contribution in [0.5, 0.6) is 0 Å². The van der Waals surface area contributed by atoms with Crippen molar-refractivity contribution in [3.8, 4) is 0 Å². The topological polar surface area (TPSA) is 0 Å². The standard InChI is InChI=1S/FPS4.W/c1-2(3)5-6-4;/q+2;-2. The summed E-state index contributed by atoms with van der Waals surface area (Å²) >= 11 is 10.0. The molecule has 0 saturated carbocycles. The molecule has 0 heterocycles. The van der Waals surface area contributed by atoms with Crippen molar-refractivity contribution in [1.82, 2.24) is 0 Å². The van der Waals surface area contributed by atoms with Crippen LogP contribution in [0.3, 0.4) is 0 Å². The van der Waals surface area contributed by atoms with Gasteiger partial charge in [-0.2, -0.15) is 0 Å². The van der Waals surface area contributed by atoms with E-state index in [1.54, 1.807) is 0 Å². The van der Waals surface area contributed by atoms with Crippen molar-refractivity contribution in [2.75, 3.05) is 0 Å².